The molecule has 1 rings (SSSR count). The fourth-order valence-corrected chi connectivity index (χ4v) is 1.42. The summed E-state index contributed by atoms with van der Waals surface area (Å²) >= 11 is 5.73. The second-order valence-electron chi connectivity index (χ2n) is 2.92. The van der Waals surface area contributed by atoms with Crippen LogP contribution in [0.15, 0.2) is 12.5 Å². The molecule has 0 aliphatic carbocycles. The van der Waals surface area contributed by atoms with Crippen LogP contribution in [0, 0.1) is 0 Å². The minimum Gasteiger partial charge on any atom is -0.333 e. The van der Waals surface area contributed by atoms with Crippen molar-refractivity contribution in [3.05, 3.63) is 18.2 Å². The van der Waals surface area contributed by atoms with Crippen molar-refractivity contribution >= 4 is 11.6 Å². The minimum atomic E-state index is 0.562. The molecule has 2 nitrogen and oxygen atoms in total. The highest BCUT2D eigenvalue weighted by molar-refractivity contribution is 6.16. The lowest BCUT2D eigenvalue weighted by atomic mass is 10.2. The second kappa shape index (κ2) is 5.20. The van der Waals surface area contributed by atoms with E-state index in [2.05, 4.69) is 16.5 Å². The maximum Gasteiger partial charge on any atom is 0.0948 e. The number of nitrogens with zero attached hydrogens (tertiary/aromatic N) is 2. The molecular weight excluding hydrogens is 172 g/mol. The average molecular weight is 187 g/mol. The number of hydrogen-bond donors (Lipinski definition) is 0. The van der Waals surface area contributed by atoms with Crippen LogP contribution < -0.4 is 0 Å². The van der Waals surface area contributed by atoms with Gasteiger partial charge >= 0.3 is 0 Å². The van der Waals surface area contributed by atoms with Crippen molar-refractivity contribution in [3.8, 4) is 0 Å². The normalized spacial score (nSPS) is 10.5. The van der Waals surface area contributed by atoms with E-state index in [1.54, 1.807) is 0 Å². The smallest absolute Gasteiger partial charge is 0.0948 e. The van der Waals surface area contributed by atoms with Crippen LogP contribution in [-0.4, -0.2) is 9.55 Å². The van der Waals surface area contributed by atoms with Crippen LogP contribution in [0.2, 0.25) is 0 Å². The summed E-state index contributed by atoms with van der Waals surface area (Å²) in [5.74, 6) is 0.562. The summed E-state index contributed by atoms with van der Waals surface area (Å²) in [5.41, 5.74) is 1.12. The fraction of sp³-hybridized carbons (Fsp3) is 0.667. The second-order valence-corrected chi connectivity index (χ2v) is 3.19. The van der Waals surface area contributed by atoms with Gasteiger partial charge in [0, 0.05) is 12.7 Å². The van der Waals surface area contributed by atoms with Gasteiger partial charge in [-0.1, -0.05) is 19.8 Å². The molecule has 0 unspecified atom stereocenters. The van der Waals surface area contributed by atoms with Crippen LogP contribution in [-0.2, 0) is 12.4 Å². The number of alkyl halides is 1. The van der Waals surface area contributed by atoms with Gasteiger partial charge in [0.1, 0.15) is 0 Å². The molecule has 0 spiro atoms. The minimum absolute atomic E-state index is 0.562. The number of imidazole rings is 1. The van der Waals surface area contributed by atoms with Crippen LogP contribution in [0.3, 0.4) is 0 Å². The highest BCUT2D eigenvalue weighted by Crippen LogP contribution is 2.05. The largest absolute Gasteiger partial charge is 0.333 e. The third-order valence-corrected chi connectivity index (χ3v) is 2.21. The molecule has 0 radical (unpaired) electrons. The first-order chi connectivity index (χ1) is 5.88. The van der Waals surface area contributed by atoms with Gasteiger partial charge in [-0.05, 0) is 6.42 Å². The van der Waals surface area contributed by atoms with Gasteiger partial charge in [0.25, 0.3) is 0 Å². The van der Waals surface area contributed by atoms with Gasteiger partial charge < -0.3 is 4.57 Å². The third kappa shape index (κ3) is 2.52. The molecule has 0 atom stereocenters. The van der Waals surface area contributed by atoms with E-state index >= 15 is 0 Å². The van der Waals surface area contributed by atoms with E-state index < -0.39 is 0 Å². The van der Waals surface area contributed by atoms with Crippen LogP contribution >= 0.6 is 11.6 Å². The van der Waals surface area contributed by atoms with E-state index in [-0.39, 0.29) is 0 Å². The molecule has 1 aromatic rings. The van der Waals surface area contributed by atoms with Gasteiger partial charge in [-0.25, -0.2) is 4.98 Å². The fourth-order valence-electron chi connectivity index (χ4n) is 1.19. The van der Waals surface area contributed by atoms with Crippen molar-refractivity contribution in [2.24, 2.45) is 0 Å². The lowest BCUT2D eigenvalue weighted by molar-refractivity contribution is 0.591. The van der Waals surface area contributed by atoms with Gasteiger partial charge in [0.15, 0.2) is 0 Å². The SMILES string of the molecule is CCCCCn1cncc1CCl. The summed E-state index contributed by atoms with van der Waals surface area (Å²) < 4.78 is 2.13. The molecular formula is C9H15ClN2. The maximum absolute atomic E-state index is 5.73. The van der Waals surface area contributed by atoms with Gasteiger partial charge in [-0.3, -0.25) is 0 Å². The van der Waals surface area contributed by atoms with Gasteiger partial charge in [-0.2, -0.15) is 0 Å². The summed E-state index contributed by atoms with van der Waals surface area (Å²) in [5, 5.41) is 0. The molecule has 68 valence electrons. The topological polar surface area (TPSA) is 17.8 Å². The summed E-state index contributed by atoms with van der Waals surface area (Å²) in [4.78, 5) is 4.05. The first-order valence-electron chi connectivity index (χ1n) is 4.43. The Balaban J connectivity index is 2.39. The van der Waals surface area contributed by atoms with E-state index in [1.807, 2.05) is 12.5 Å². The number of aromatic nitrogens is 2. The van der Waals surface area contributed by atoms with Crippen LogP contribution in [0.25, 0.3) is 0 Å². The van der Waals surface area contributed by atoms with Gasteiger partial charge in [-0.15, -0.1) is 11.6 Å². The molecule has 1 heterocycles. The van der Waals surface area contributed by atoms with Gasteiger partial charge in [0.2, 0.25) is 0 Å². The first kappa shape index (κ1) is 9.59. The Bertz CT molecular complexity index is 220. The number of rotatable bonds is 5. The molecule has 0 saturated heterocycles. The summed E-state index contributed by atoms with van der Waals surface area (Å²) in [6, 6.07) is 0. The third-order valence-electron chi connectivity index (χ3n) is 1.94. The molecule has 0 bridgehead atoms. The van der Waals surface area contributed by atoms with Crippen molar-refractivity contribution < 1.29 is 0 Å². The average Bonchev–Trinajstić information content (AvgIpc) is 2.52. The zero-order valence-electron chi connectivity index (χ0n) is 7.46. The molecule has 3 heteroatoms. The number of aryl methyl sites for hydroxylation is 1. The number of halogens is 1. The highest BCUT2D eigenvalue weighted by atomic mass is 35.5. The Morgan fingerprint density at radius 2 is 2.33 bits per heavy atom. The first-order valence-corrected chi connectivity index (χ1v) is 4.97. The molecule has 0 amide bonds. The summed E-state index contributed by atoms with van der Waals surface area (Å²) in [6.45, 7) is 3.26. The van der Waals surface area contributed by atoms with E-state index in [4.69, 9.17) is 11.6 Å². The Kier molecular flexibility index (Phi) is 4.15. The maximum atomic E-state index is 5.73. The molecule has 0 aliphatic heterocycles. The molecule has 0 fully saturated rings. The zero-order chi connectivity index (χ0) is 8.81. The van der Waals surface area contributed by atoms with Crippen LogP contribution in [0.4, 0.5) is 0 Å². The molecule has 0 N–H and O–H groups in total. The Morgan fingerprint density at radius 1 is 1.50 bits per heavy atom. The molecule has 0 aromatic carbocycles. The number of hydrogen-bond acceptors (Lipinski definition) is 1. The molecule has 0 saturated carbocycles. The van der Waals surface area contributed by atoms with E-state index in [0.29, 0.717) is 5.88 Å². The molecule has 12 heavy (non-hydrogen) atoms. The predicted octanol–water partition coefficient (Wildman–Crippen LogP) is 2.81. The van der Waals surface area contributed by atoms with E-state index in [0.717, 1.165) is 12.2 Å². The summed E-state index contributed by atoms with van der Waals surface area (Å²) in [6.07, 6.45) is 7.44. The van der Waals surface area contributed by atoms with Crippen LogP contribution in [0.1, 0.15) is 31.9 Å². The standard InChI is InChI=1S/C9H15ClN2/c1-2-3-4-5-12-8-11-7-9(12)6-10/h7-8H,2-6H2,1H3. The Labute approximate surface area is 78.6 Å². The lowest BCUT2D eigenvalue weighted by Crippen LogP contribution is -1.99. The van der Waals surface area contributed by atoms with E-state index in [1.165, 1.54) is 19.3 Å². The summed E-state index contributed by atoms with van der Waals surface area (Å²) in [7, 11) is 0. The van der Waals surface area contributed by atoms with Crippen molar-refractivity contribution in [2.45, 2.75) is 38.6 Å². The highest BCUT2D eigenvalue weighted by Gasteiger charge is 1.98. The molecule has 0 aliphatic rings. The van der Waals surface area contributed by atoms with Crippen molar-refractivity contribution in [3.63, 3.8) is 0 Å². The van der Waals surface area contributed by atoms with Crippen molar-refractivity contribution in [2.75, 3.05) is 0 Å². The zero-order valence-corrected chi connectivity index (χ0v) is 8.22. The predicted molar refractivity (Wildman–Crippen MR) is 51.3 cm³/mol. The van der Waals surface area contributed by atoms with Crippen LogP contribution in [0.5, 0.6) is 0 Å². The monoisotopic (exact) mass is 186 g/mol. The Hall–Kier alpha value is -0.500. The van der Waals surface area contributed by atoms with E-state index in [9.17, 15) is 0 Å². The van der Waals surface area contributed by atoms with Crippen molar-refractivity contribution in [1.82, 2.24) is 9.55 Å². The van der Waals surface area contributed by atoms with Crippen molar-refractivity contribution in [1.29, 1.82) is 0 Å². The van der Waals surface area contributed by atoms with Gasteiger partial charge in [0.05, 0.1) is 17.9 Å². The quantitative estimate of drug-likeness (QED) is 0.511. The number of unbranched alkanes of at least 4 members (excludes halogenated alkanes) is 2. The lowest BCUT2D eigenvalue weighted by Gasteiger charge is -2.04. The molecule has 1 aromatic heterocycles. The Morgan fingerprint density at radius 3 is 3.00 bits per heavy atom.